The number of esters is 1. The molecular weight excluding hydrogens is 813 g/mol. The van der Waals surface area contributed by atoms with Gasteiger partial charge in [-0.05, 0) is 12.8 Å². The second-order valence-corrected chi connectivity index (χ2v) is 15.7. The molecule has 0 rings (SSSR count). The fraction of sp³-hybridized carbons (Fsp3) is 0.980. The van der Waals surface area contributed by atoms with Gasteiger partial charge in [-0.25, -0.2) is 0 Å². The molecule has 0 aromatic heterocycles. The summed E-state index contributed by atoms with van der Waals surface area (Å²) in [5, 5.41) is 0. The summed E-state index contributed by atoms with van der Waals surface area (Å²) in [6.45, 7) is 17.4. The fourth-order valence-electron chi connectivity index (χ4n) is 6.26. The van der Waals surface area contributed by atoms with Crippen molar-refractivity contribution in [2.24, 2.45) is 0 Å². The molecule has 0 aromatic rings. The molecule has 0 unspecified atom stereocenters. The summed E-state index contributed by atoms with van der Waals surface area (Å²) in [5.74, 6) is -0.143. The first-order chi connectivity index (χ1) is 31.3. The van der Waals surface area contributed by atoms with Gasteiger partial charge in [0.15, 0.2) is 0 Å². The summed E-state index contributed by atoms with van der Waals surface area (Å²) in [4.78, 5) is 11.7. The number of hydrogen-bond acceptors (Lipinski definition) is 14. The summed E-state index contributed by atoms with van der Waals surface area (Å²) in [6, 6.07) is 0. The number of carbonyl (C=O) groups is 1. The molecule has 0 fully saturated rings. The first-order valence-corrected chi connectivity index (χ1v) is 25.4. The van der Waals surface area contributed by atoms with Gasteiger partial charge < -0.3 is 61.6 Å². The first kappa shape index (κ1) is 62.0. The number of hydrogen-bond donors (Lipinski definition) is 0. The largest absolute Gasteiger partial charge is 0.463 e. The van der Waals surface area contributed by atoms with E-state index in [0.29, 0.717) is 158 Å². The van der Waals surface area contributed by atoms with Gasteiger partial charge in [-0.3, -0.25) is 4.79 Å². The highest BCUT2D eigenvalue weighted by atomic mass is 16.6. The smallest absolute Gasteiger partial charge is 0.305 e. The molecule has 14 heteroatoms. The van der Waals surface area contributed by atoms with E-state index in [0.717, 1.165) is 25.9 Å². The third-order valence-electron chi connectivity index (χ3n) is 9.96. The van der Waals surface area contributed by atoms with Crippen LogP contribution in [0.15, 0.2) is 0 Å². The van der Waals surface area contributed by atoms with Crippen LogP contribution < -0.4 is 0 Å². The van der Waals surface area contributed by atoms with Gasteiger partial charge in [0.25, 0.3) is 0 Å². The molecule has 0 atom stereocenters. The molecule has 0 amide bonds. The molecule has 0 N–H and O–H groups in total. The standard InChI is InChI=1S/C49H98O14/c1-3-5-7-9-11-12-13-14-15-16-17-18-20-22-24-51-25-26-52-27-28-53-29-30-54-31-32-55-33-34-56-35-36-57-37-38-58-39-40-59-41-42-60-43-44-61-45-46-62-47-48-63-49(50)23-21-19-10-8-6-4-2/h3-48H2,1-2H3. The second kappa shape index (κ2) is 59.0. The Labute approximate surface area is 385 Å². The fourth-order valence-corrected chi connectivity index (χ4v) is 6.26. The minimum atomic E-state index is -0.143. The van der Waals surface area contributed by atoms with E-state index in [1.165, 1.54) is 109 Å². The first-order valence-electron chi connectivity index (χ1n) is 25.4. The maximum atomic E-state index is 11.7. The molecule has 378 valence electrons. The lowest BCUT2D eigenvalue weighted by molar-refractivity contribution is -0.145. The Kier molecular flexibility index (Phi) is 58.1. The van der Waals surface area contributed by atoms with Crippen LogP contribution in [0.1, 0.15) is 149 Å². The SMILES string of the molecule is CCCCCCCCCCCCCCCCOCCOCCOCCOCCOCCOCCOCCOCCOCCOCCOCCOCCOC(=O)CCCCCCCC. The maximum Gasteiger partial charge on any atom is 0.305 e. The van der Waals surface area contributed by atoms with Crippen LogP contribution in [0, 0.1) is 0 Å². The van der Waals surface area contributed by atoms with Gasteiger partial charge in [-0.15, -0.1) is 0 Å². The van der Waals surface area contributed by atoms with Crippen LogP contribution in [0.5, 0.6) is 0 Å². The van der Waals surface area contributed by atoms with Gasteiger partial charge in [-0.2, -0.15) is 0 Å². The monoisotopic (exact) mass is 911 g/mol. The van der Waals surface area contributed by atoms with Crippen LogP contribution in [0.3, 0.4) is 0 Å². The molecule has 14 nitrogen and oxygen atoms in total. The Morgan fingerprint density at radius 3 is 0.667 bits per heavy atom. The van der Waals surface area contributed by atoms with Crippen molar-refractivity contribution >= 4 is 5.97 Å². The van der Waals surface area contributed by atoms with E-state index in [1.54, 1.807) is 0 Å². The Bertz CT molecular complexity index is 827. The van der Waals surface area contributed by atoms with E-state index < -0.39 is 0 Å². The Morgan fingerprint density at radius 1 is 0.222 bits per heavy atom. The molecule has 0 aliphatic carbocycles. The number of rotatable bonds is 58. The van der Waals surface area contributed by atoms with E-state index >= 15 is 0 Å². The summed E-state index contributed by atoms with van der Waals surface area (Å²) in [5.41, 5.74) is 0. The third kappa shape index (κ3) is 59.0. The average Bonchev–Trinajstić information content (AvgIpc) is 3.29. The second-order valence-electron chi connectivity index (χ2n) is 15.7. The molecule has 63 heavy (non-hydrogen) atoms. The van der Waals surface area contributed by atoms with E-state index in [9.17, 15) is 4.79 Å². The molecule has 0 spiro atoms. The lowest BCUT2D eigenvalue weighted by Gasteiger charge is -2.09. The molecule has 0 saturated carbocycles. The van der Waals surface area contributed by atoms with Crippen LogP contribution in [-0.2, 0) is 66.4 Å². The maximum absolute atomic E-state index is 11.7. The van der Waals surface area contributed by atoms with Gasteiger partial charge in [0.1, 0.15) is 6.61 Å². The molecule has 0 aliphatic heterocycles. The minimum Gasteiger partial charge on any atom is -0.463 e. The summed E-state index contributed by atoms with van der Waals surface area (Å²) >= 11 is 0. The van der Waals surface area contributed by atoms with Crippen LogP contribution in [0.4, 0.5) is 0 Å². The lowest BCUT2D eigenvalue weighted by atomic mass is 10.0. The van der Waals surface area contributed by atoms with E-state index in [-0.39, 0.29) is 12.6 Å². The predicted molar refractivity (Wildman–Crippen MR) is 249 cm³/mol. The van der Waals surface area contributed by atoms with Crippen molar-refractivity contribution < 1.29 is 66.4 Å². The quantitative estimate of drug-likeness (QED) is 0.0424. The third-order valence-corrected chi connectivity index (χ3v) is 9.96. The zero-order valence-corrected chi connectivity index (χ0v) is 40.7. The number of unbranched alkanes of at least 4 members (excludes halogenated alkanes) is 18. The molecule has 0 radical (unpaired) electrons. The van der Waals surface area contributed by atoms with E-state index in [1.807, 2.05) is 0 Å². The minimum absolute atomic E-state index is 0.143. The van der Waals surface area contributed by atoms with Crippen molar-refractivity contribution in [3.8, 4) is 0 Å². The molecule has 0 aliphatic rings. The topological polar surface area (TPSA) is 137 Å². The van der Waals surface area contributed by atoms with Gasteiger partial charge >= 0.3 is 5.97 Å². The Morgan fingerprint density at radius 2 is 0.413 bits per heavy atom. The van der Waals surface area contributed by atoms with E-state index in [4.69, 9.17) is 61.6 Å². The van der Waals surface area contributed by atoms with Crippen molar-refractivity contribution in [3.63, 3.8) is 0 Å². The van der Waals surface area contributed by atoms with Crippen molar-refractivity contribution in [2.45, 2.75) is 149 Å². The van der Waals surface area contributed by atoms with Crippen molar-refractivity contribution in [3.05, 3.63) is 0 Å². The summed E-state index contributed by atoms with van der Waals surface area (Å²) in [6.07, 6.45) is 26.6. The normalized spacial score (nSPS) is 11.6. The molecule has 0 bridgehead atoms. The van der Waals surface area contributed by atoms with E-state index in [2.05, 4.69) is 13.8 Å². The molecular formula is C49H98O14. The van der Waals surface area contributed by atoms with Crippen LogP contribution in [0.2, 0.25) is 0 Å². The summed E-state index contributed by atoms with van der Waals surface area (Å²) < 4.78 is 71.6. The van der Waals surface area contributed by atoms with Crippen LogP contribution in [-0.4, -0.2) is 171 Å². The molecule has 0 heterocycles. The highest BCUT2D eigenvalue weighted by Crippen LogP contribution is 2.13. The summed E-state index contributed by atoms with van der Waals surface area (Å²) in [7, 11) is 0. The highest BCUT2D eigenvalue weighted by Gasteiger charge is 2.03. The number of ether oxygens (including phenoxy) is 13. The Balaban J connectivity index is 3.09. The highest BCUT2D eigenvalue weighted by molar-refractivity contribution is 5.69. The van der Waals surface area contributed by atoms with Gasteiger partial charge in [0.05, 0.1) is 152 Å². The molecule has 0 saturated heterocycles. The van der Waals surface area contributed by atoms with Crippen LogP contribution in [0.25, 0.3) is 0 Å². The Hall–Kier alpha value is -1.01. The van der Waals surface area contributed by atoms with Gasteiger partial charge in [-0.1, -0.05) is 129 Å². The lowest BCUT2D eigenvalue weighted by Crippen LogP contribution is -2.15. The number of carbonyl (C=O) groups excluding carboxylic acids is 1. The van der Waals surface area contributed by atoms with Gasteiger partial charge in [0.2, 0.25) is 0 Å². The zero-order chi connectivity index (χ0) is 45.3. The van der Waals surface area contributed by atoms with Gasteiger partial charge in [0, 0.05) is 13.0 Å². The molecule has 0 aromatic carbocycles. The predicted octanol–water partition coefficient (Wildman–Crippen LogP) is 8.96. The van der Waals surface area contributed by atoms with Crippen molar-refractivity contribution in [2.75, 3.05) is 165 Å². The average molecular weight is 911 g/mol. The zero-order valence-electron chi connectivity index (χ0n) is 40.7. The van der Waals surface area contributed by atoms with Crippen LogP contribution >= 0.6 is 0 Å². The van der Waals surface area contributed by atoms with Crippen molar-refractivity contribution in [1.82, 2.24) is 0 Å². The van der Waals surface area contributed by atoms with Crippen molar-refractivity contribution in [1.29, 1.82) is 0 Å².